The smallest absolute Gasteiger partial charge is 0.207 e. The Morgan fingerprint density at radius 3 is 1.95 bits per heavy atom. The minimum absolute atomic E-state index is 0.186. The van der Waals surface area contributed by atoms with Crippen LogP contribution in [0.5, 0.6) is 11.5 Å². The summed E-state index contributed by atoms with van der Waals surface area (Å²) in [7, 11) is 0. The molecular formula is C14H6F5NO2. The molecule has 0 spiro atoms. The van der Waals surface area contributed by atoms with E-state index in [9.17, 15) is 27.1 Å². The third kappa shape index (κ3) is 2.58. The Kier molecular flexibility index (Phi) is 4.28. The van der Waals surface area contributed by atoms with Gasteiger partial charge in [-0.15, -0.1) is 0 Å². The Balaban J connectivity index is 2.57. The van der Waals surface area contributed by atoms with Crippen LogP contribution in [0, 0.1) is 40.4 Å². The van der Waals surface area contributed by atoms with E-state index in [2.05, 4.69) is 0 Å². The number of ether oxygens (including phenoxy) is 1. The number of aliphatic hydroxyl groups excluding tert-OH is 1. The number of nitrogens with zero attached hydrogens (tertiary/aromatic N) is 1. The zero-order chi connectivity index (χ0) is 16.4. The molecule has 0 aromatic heterocycles. The maximum atomic E-state index is 13.5. The van der Waals surface area contributed by atoms with Crippen molar-refractivity contribution in [3.05, 3.63) is 58.9 Å². The lowest BCUT2D eigenvalue weighted by atomic mass is 10.1. The predicted molar refractivity (Wildman–Crippen MR) is 63.3 cm³/mol. The molecule has 0 aliphatic rings. The average Bonchev–Trinajstić information content (AvgIpc) is 2.54. The molecule has 2 aromatic carbocycles. The molecule has 2 aromatic rings. The minimum Gasteiger partial charge on any atom is -0.451 e. The molecule has 1 atom stereocenters. The number of halogens is 5. The van der Waals surface area contributed by atoms with Crippen molar-refractivity contribution in [3.8, 4) is 17.6 Å². The average molecular weight is 315 g/mol. The van der Waals surface area contributed by atoms with Gasteiger partial charge in [0.1, 0.15) is 5.75 Å². The predicted octanol–water partition coefficient (Wildman–Crippen LogP) is 3.73. The first kappa shape index (κ1) is 15.7. The van der Waals surface area contributed by atoms with Crippen LogP contribution in [-0.4, -0.2) is 5.11 Å². The number of para-hydroxylation sites is 1. The van der Waals surface area contributed by atoms with Crippen molar-refractivity contribution in [2.75, 3.05) is 0 Å². The van der Waals surface area contributed by atoms with Crippen molar-refractivity contribution in [3.63, 3.8) is 0 Å². The Morgan fingerprint density at radius 1 is 0.909 bits per heavy atom. The summed E-state index contributed by atoms with van der Waals surface area (Å²) in [5, 5.41) is 18.1. The number of rotatable bonds is 3. The Bertz CT molecular complexity index is 744. The summed E-state index contributed by atoms with van der Waals surface area (Å²) in [5.74, 6) is -12.9. The summed E-state index contributed by atoms with van der Waals surface area (Å²) in [6.07, 6.45) is -1.70. The molecule has 0 heterocycles. The number of hydrogen-bond donors (Lipinski definition) is 1. The van der Waals surface area contributed by atoms with E-state index in [0.29, 0.717) is 0 Å². The van der Waals surface area contributed by atoms with E-state index >= 15 is 0 Å². The van der Waals surface area contributed by atoms with Gasteiger partial charge in [0, 0.05) is 5.56 Å². The van der Waals surface area contributed by atoms with Crippen molar-refractivity contribution in [1.82, 2.24) is 0 Å². The van der Waals surface area contributed by atoms with E-state index in [1.54, 1.807) is 0 Å². The lowest BCUT2D eigenvalue weighted by molar-refractivity contribution is 0.230. The summed E-state index contributed by atoms with van der Waals surface area (Å²) in [5.41, 5.74) is -0.186. The van der Waals surface area contributed by atoms with Crippen LogP contribution in [0.25, 0.3) is 0 Å². The van der Waals surface area contributed by atoms with E-state index in [1.165, 1.54) is 24.3 Å². The van der Waals surface area contributed by atoms with Crippen LogP contribution in [0.2, 0.25) is 0 Å². The summed E-state index contributed by atoms with van der Waals surface area (Å²) in [6.45, 7) is 0. The molecule has 0 radical (unpaired) electrons. The molecule has 1 N–H and O–H groups in total. The second kappa shape index (κ2) is 5.99. The molecular weight excluding hydrogens is 309 g/mol. The fourth-order valence-corrected chi connectivity index (χ4v) is 1.65. The van der Waals surface area contributed by atoms with Crippen LogP contribution in [0.1, 0.15) is 11.7 Å². The molecule has 22 heavy (non-hydrogen) atoms. The second-order valence-electron chi connectivity index (χ2n) is 4.07. The molecule has 114 valence electrons. The molecule has 0 fully saturated rings. The summed E-state index contributed by atoms with van der Waals surface area (Å²) < 4.78 is 70.9. The second-order valence-corrected chi connectivity index (χ2v) is 4.07. The SMILES string of the molecule is N#CC(O)c1ccccc1Oc1c(F)c(F)c(F)c(F)c1F. The van der Waals surface area contributed by atoms with Gasteiger partial charge in [0.25, 0.3) is 0 Å². The van der Waals surface area contributed by atoms with Crippen LogP contribution >= 0.6 is 0 Å². The maximum absolute atomic E-state index is 13.5. The topological polar surface area (TPSA) is 53.2 Å². The highest BCUT2D eigenvalue weighted by atomic mass is 19.2. The minimum atomic E-state index is -2.31. The molecule has 0 saturated carbocycles. The zero-order valence-corrected chi connectivity index (χ0v) is 10.6. The van der Waals surface area contributed by atoms with Gasteiger partial charge < -0.3 is 9.84 Å². The van der Waals surface area contributed by atoms with Crippen molar-refractivity contribution in [1.29, 1.82) is 5.26 Å². The fourth-order valence-electron chi connectivity index (χ4n) is 1.65. The summed E-state index contributed by atoms with van der Waals surface area (Å²) in [6, 6.07) is 6.48. The Hall–Kier alpha value is -2.66. The Morgan fingerprint density at radius 2 is 1.41 bits per heavy atom. The fraction of sp³-hybridized carbons (Fsp3) is 0.0714. The van der Waals surface area contributed by atoms with Gasteiger partial charge in [0.2, 0.25) is 34.8 Å². The first-order chi connectivity index (χ1) is 10.4. The standard InChI is InChI=1S/C14H6F5NO2/c15-9-10(16)12(18)14(13(19)11(9)17)22-8-4-2-1-3-6(8)7(21)5-20/h1-4,7,21H. The molecule has 0 aliphatic carbocycles. The van der Waals surface area contributed by atoms with Gasteiger partial charge in [0.05, 0.1) is 6.07 Å². The van der Waals surface area contributed by atoms with Gasteiger partial charge in [-0.1, -0.05) is 18.2 Å². The molecule has 0 aliphatic heterocycles. The van der Waals surface area contributed by atoms with Crippen LogP contribution < -0.4 is 4.74 Å². The van der Waals surface area contributed by atoms with Crippen LogP contribution in [0.15, 0.2) is 24.3 Å². The van der Waals surface area contributed by atoms with Crippen LogP contribution in [-0.2, 0) is 0 Å². The van der Waals surface area contributed by atoms with Crippen molar-refractivity contribution in [2.24, 2.45) is 0 Å². The molecule has 0 amide bonds. The van der Waals surface area contributed by atoms with Gasteiger partial charge in [-0.05, 0) is 6.07 Å². The monoisotopic (exact) mass is 315 g/mol. The van der Waals surface area contributed by atoms with Crippen LogP contribution in [0.4, 0.5) is 22.0 Å². The number of hydrogen-bond acceptors (Lipinski definition) is 3. The third-order valence-electron chi connectivity index (χ3n) is 2.72. The van der Waals surface area contributed by atoms with E-state index in [4.69, 9.17) is 10.00 Å². The van der Waals surface area contributed by atoms with Crippen molar-refractivity contribution in [2.45, 2.75) is 6.10 Å². The molecule has 0 saturated heterocycles. The molecule has 8 heteroatoms. The van der Waals surface area contributed by atoms with Gasteiger partial charge in [-0.25, -0.2) is 13.2 Å². The number of nitriles is 1. The summed E-state index contributed by atoms with van der Waals surface area (Å²) >= 11 is 0. The third-order valence-corrected chi connectivity index (χ3v) is 2.72. The van der Waals surface area contributed by atoms with E-state index in [1.807, 2.05) is 0 Å². The number of benzene rings is 2. The summed E-state index contributed by atoms with van der Waals surface area (Å²) in [4.78, 5) is 0. The largest absolute Gasteiger partial charge is 0.451 e. The van der Waals surface area contributed by atoms with Gasteiger partial charge in [0.15, 0.2) is 6.10 Å². The highest BCUT2D eigenvalue weighted by molar-refractivity contribution is 5.42. The Labute approximate surface area is 120 Å². The quantitative estimate of drug-likeness (QED) is 0.406. The van der Waals surface area contributed by atoms with E-state index in [-0.39, 0.29) is 5.56 Å². The molecule has 2 rings (SSSR count). The highest BCUT2D eigenvalue weighted by Crippen LogP contribution is 2.35. The molecule has 0 bridgehead atoms. The molecule has 1 unspecified atom stereocenters. The normalized spacial score (nSPS) is 11.9. The lowest BCUT2D eigenvalue weighted by Gasteiger charge is -2.13. The van der Waals surface area contributed by atoms with Gasteiger partial charge in [-0.3, -0.25) is 0 Å². The highest BCUT2D eigenvalue weighted by Gasteiger charge is 2.28. The zero-order valence-electron chi connectivity index (χ0n) is 10.6. The first-order valence-electron chi connectivity index (χ1n) is 5.74. The molecule has 3 nitrogen and oxygen atoms in total. The van der Waals surface area contributed by atoms with E-state index < -0.39 is 46.7 Å². The van der Waals surface area contributed by atoms with Crippen molar-refractivity contribution >= 4 is 0 Å². The lowest BCUT2D eigenvalue weighted by Crippen LogP contribution is -2.05. The van der Waals surface area contributed by atoms with Crippen molar-refractivity contribution < 1.29 is 31.8 Å². The van der Waals surface area contributed by atoms with E-state index in [0.717, 1.165) is 6.07 Å². The van der Waals surface area contributed by atoms with Gasteiger partial charge in [-0.2, -0.15) is 14.0 Å². The number of aliphatic hydroxyl groups is 1. The van der Waals surface area contributed by atoms with Crippen LogP contribution in [0.3, 0.4) is 0 Å². The maximum Gasteiger partial charge on any atom is 0.207 e. The first-order valence-corrected chi connectivity index (χ1v) is 5.74. The van der Waals surface area contributed by atoms with Gasteiger partial charge >= 0.3 is 0 Å².